The van der Waals surface area contributed by atoms with Gasteiger partial charge in [0.05, 0.1) is 18.8 Å². The Morgan fingerprint density at radius 1 is 0.971 bits per heavy atom. The molecule has 8 heteroatoms. The number of hydrogen-bond acceptors (Lipinski definition) is 8. The molecule has 0 spiro atoms. The summed E-state index contributed by atoms with van der Waals surface area (Å²) in [6, 6.07) is 0. The van der Waals surface area contributed by atoms with E-state index in [2.05, 4.69) is 6.58 Å². The summed E-state index contributed by atoms with van der Waals surface area (Å²) in [4.78, 5) is 48.9. The Morgan fingerprint density at radius 3 is 2.15 bits per heavy atom. The molecular formula is C26H38O8. The molecule has 3 fully saturated rings. The third kappa shape index (κ3) is 4.79. The molecule has 0 radical (unpaired) electrons. The second-order valence-electron chi connectivity index (χ2n) is 10.9. The number of carbonyl (C=O) groups is 4. The van der Waals surface area contributed by atoms with Gasteiger partial charge in [-0.05, 0) is 38.5 Å². The van der Waals surface area contributed by atoms with Crippen molar-refractivity contribution in [2.45, 2.75) is 84.3 Å². The van der Waals surface area contributed by atoms with Crippen LogP contribution in [0.2, 0.25) is 0 Å². The lowest BCUT2D eigenvalue weighted by Gasteiger charge is -2.65. The number of hydrogen-bond donors (Lipinski definition) is 0. The molecule has 8 nitrogen and oxygen atoms in total. The smallest absolute Gasteiger partial charge is 0.302 e. The van der Waals surface area contributed by atoms with Gasteiger partial charge in [0.1, 0.15) is 18.0 Å². The third-order valence-corrected chi connectivity index (χ3v) is 8.27. The predicted molar refractivity (Wildman–Crippen MR) is 123 cm³/mol. The molecule has 190 valence electrons. The van der Waals surface area contributed by atoms with Crippen LogP contribution >= 0.6 is 0 Å². The molecule has 0 aromatic rings. The van der Waals surface area contributed by atoms with Crippen molar-refractivity contribution >= 4 is 23.7 Å². The van der Waals surface area contributed by atoms with Crippen LogP contribution < -0.4 is 0 Å². The Kier molecular flexibility index (Phi) is 7.32. The SMILES string of the molecule is C=C[C@@]1(COC(C)=O)CC[C@@H]2[C@]3(COC(C)=O)CCC[C@](C)(COC(C)=O)[C@@H]3C(=O)C[C@]2(C)O1. The largest absolute Gasteiger partial charge is 0.465 e. The van der Waals surface area contributed by atoms with E-state index in [1.165, 1.54) is 20.8 Å². The quantitative estimate of drug-likeness (QED) is 0.311. The van der Waals surface area contributed by atoms with Crippen molar-refractivity contribution in [2.24, 2.45) is 22.7 Å². The lowest BCUT2D eigenvalue weighted by molar-refractivity contribution is -0.268. The van der Waals surface area contributed by atoms with Crippen LogP contribution in [-0.2, 0) is 38.1 Å². The molecule has 1 aliphatic heterocycles. The highest BCUT2D eigenvalue weighted by atomic mass is 16.6. The van der Waals surface area contributed by atoms with E-state index in [-0.39, 0.29) is 43.9 Å². The van der Waals surface area contributed by atoms with Crippen LogP contribution in [-0.4, -0.2) is 54.7 Å². The molecule has 1 heterocycles. The summed E-state index contributed by atoms with van der Waals surface area (Å²) >= 11 is 0. The van der Waals surface area contributed by atoms with Crippen molar-refractivity contribution in [1.29, 1.82) is 0 Å². The summed E-state index contributed by atoms with van der Waals surface area (Å²) in [5.41, 5.74) is -2.94. The number of ketones is 1. The molecule has 0 bridgehead atoms. The zero-order valence-electron chi connectivity index (χ0n) is 21.1. The molecule has 2 aliphatic carbocycles. The molecule has 0 N–H and O–H groups in total. The molecule has 3 aliphatic rings. The Labute approximate surface area is 201 Å². The summed E-state index contributed by atoms with van der Waals surface area (Å²) in [6.45, 7) is 12.2. The van der Waals surface area contributed by atoms with Crippen molar-refractivity contribution in [1.82, 2.24) is 0 Å². The molecule has 34 heavy (non-hydrogen) atoms. The minimum atomic E-state index is -0.887. The Hall–Kier alpha value is -2.22. The average molecular weight is 479 g/mol. The van der Waals surface area contributed by atoms with Crippen LogP contribution in [0.3, 0.4) is 0 Å². The van der Waals surface area contributed by atoms with Gasteiger partial charge >= 0.3 is 17.9 Å². The van der Waals surface area contributed by atoms with E-state index >= 15 is 0 Å². The normalized spacial score (nSPS) is 39.3. The Balaban J connectivity index is 2.03. The maximum Gasteiger partial charge on any atom is 0.302 e. The van der Waals surface area contributed by atoms with Crippen molar-refractivity contribution in [2.75, 3.05) is 19.8 Å². The highest BCUT2D eigenvalue weighted by Gasteiger charge is 2.68. The first-order valence-electron chi connectivity index (χ1n) is 12.1. The molecule has 0 aromatic heterocycles. The standard InChI is InChI=1S/C26H38O8/c1-7-25(15-32-18(3)28)12-9-21-24(6,34-25)13-20(30)22-23(5,14-31-17(2)27)10-8-11-26(21,22)16-33-19(4)29/h7,21-22H,1,8-16H2,2-6H3/t21-,22-,23+,24-,25-,26+/m0/s1. The monoisotopic (exact) mass is 478 g/mol. The second-order valence-corrected chi connectivity index (χ2v) is 10.9. The molecule has 6 atom stereocenters. The lowest BCUT2D eigenvalue weighted by atomic mass is 9.43. The summed E-state index contributed by atoms with van der Waals surface area (Å²) in [6.07, 6.45) is 5.36. The van der Waals surface area contributed by atoms with Gasteiger partial charge in [0.25, 0.3) is 0 Å². The summed E-state index contributed by atoms with van der Waals surface area (Å²) in [5, 5.41) is 0. The summed E-state index contributed by atoms with van der Waals surface area (Å²) in [7, 11) is 0. The number of carbonyl (C=O) groups excluding carboxylic acids is 4. The molecule has 2 saturated carbocycles. The average Bonchev–Trinajstić information content (AvgIpc) is 2.74. The van der Waals surface area contributed by atoms with E-state index in [1.807, 2.05) is 13.8 Å². The molecule has 0 amide bonds. The van der Waals surface area contributed by atoms with Gasteiger partial charge in [0, 0.05) is 43.9 Å². The lowest BCUT2D eigenvalue weighted by Crippen LogP contribution is -2.69. The fraction of sp³-hybridized carbons (Fsp3) is 0.769. The van der Waals surface area contributed by atoms with Crippen molar-refractivity contribution in [3.05, 3.63) is 12.7 Å². The van der Waals surface area contributed by atoms with Gasteiger partial charge in [-0.1, -0.05) is 19.4 Å². The van der Waals surface area contributed by atoms with E-state index < -0.39 is 39.9 Å². The number of rotatable bonds is 7. The fourth-order valence-electron chi connectivity index (χ4n) is 7.11. The fourth-order valence-corrected chi connectivity index (χ4v) is 7.11. The number of fused-ring (bicyclic) bond motifs is 3. The van der Waals surface area contributed by atoms with Crippen LogP contribution in [0.4, 0.5) is 0 Å². The number of Topliss-reactive ketones (excluding diaryl/α,β-unsaturated/α-hetero) is 1. The molecule has 0 unspecified atom stereocenters. The van der Waals surface area contributed by atoms with Crippen molar-refractivity contribution in [3.8, 4) is 0 Å². The van der Waals surface area contributed by atoms with E-state index in [4.69, 9.17) is 18.9 Å². The van der Waals surface area contributed by atoms with Gasteiger partial charge in [-0.2, -0.15) is 0 Å². The zero-order valence-corrected chi connectivity index (χ0v) is 21.1. The first kappa shape index (κ1) is 26.4. The van der Waals surface area contributed by atoms with Gasteiger partial charge in [0.2, 0.25) is 0 Å². The second kappa shape index (κ2) is 9.44. The van der Waals surface area contributed by atoms with Crippen LogP contribution in [0.25, 0.3) is 0 Å². The van der Waals surface area contributed by atoms with Crippen LogP contribution in [0.5, 0.6) is 0 Å². The minimum Gasteiger partial charge on any atom is -0.465 e. The maximum atomic E-state index is 13.9. The topological polar surface area (TPSA) is 105 Å². The molecule has 0 aromatic carbocycles. The van der Waals surface area contributed by atoms with Gasteiger partial charge in [-0.25, -0.2) is 0 Å². The minimum absolute atomic E-state index is 0.0209. The number of ether oxygens (including phenoxy) is 4. The molecule has 1 saturated heterocycles. The summed E-state index contributed by atoms with van der Waals surface area (Å²) < 4.78 is 23.0. The van der Waals surface area contributed by atoms with Crippen LogP contribution in [0.1, 0.15) is 73.1 Å². The zero-order chi connectivity index (χ0) is 25.4. The van der Waals surface area contributed by atoms with Gasteiger partial charge in [-0.3, -0.25) is 19.2 Å². The maximum absolute atomic E-state index is 13.9. The van der Waals surface area contributed by atoms with Crippen molar-refractivity contribution < 1.29 is 38.1 Å². The first-order chi connectivity index (χ1) is 15.8. The van der Waals surface area contributed by atoms with E-state index in [1.54, 1.807) is 6.08 Å². The van der Waals surface area contributed by atoms with E-state index in [0.29, 0.717) is 19.3 Å². The molecular weight excluding hydrogens is 440 g/mol. The summed E-state index contributed by atoms with van der Waals surface area (Å²) in [5.74, 6) is -1.67. The van der Waals surface area contributed by atoms with Gasteiger partial charge in [0.15, 0.2) is 0 Å². The molecule has 3 rings (SSSR count). The first-order valence-corrected chi connectivity index (χ1v) is 12.1. The third-order valence-electron chi connectivity index (χ3n) is 8.27. The highest BCUT2D eigenvalue weighted by Crippen LogP contribution is 2.65. The van der Waals surface area contributed by atoms with Crippen molar-refractivity contribution in [3.63, 3.8) is 0 Å². The predicted octanol–water partition coefficient (Wildman–Crippen LogP) is 3.55. The Bertz CT molecular complexity index is 867. The van der Waals surface area contributed by atoms with Crippen LogP contribution in [0.15, 0.2) is 12.7 Å². The van der Waals surface area contributed by atoms with Gasteiger partial charge in [-0.15, -0.1) is 6.58 Å². The van der Waals surface area contributed by atoms with Gasteiger partial charge < -0.3 is 18.9 Å². The highest BCUT2D eigenvalue weighted by molar-refractivity contribution is 5.85. The van der Waals surface area contributed by atoms with Crippen LogP contribution in [0, 0.1) is 22.7 Å². The number of esters is 3. The Morgan fingerprint density at radius 2 is 1.56 bits per heavy atom. The van der Waals surface area contributed by atoms with E-state index in [0.717, 1.165) is 12.8 Å². The van der Waals surface area contributed by atoms with E-state index in [9.17, 15) is 19.2 Å².